The molecule has 1 heterocycles. The first-order valence-corrected chi connectivity index (χ1v) is 10.9. The van der Waals surface area contributed by atoms with Crippen LogP contribution in [0, 0.1) is 0 Å². The first-order chi connectivity index (χ1) is 13.1. The normalized spacial score (nSPS) is 19.0. The molecule has 8 heteroatoms. The summed E-state index contributed by atoms with van der Waals surface area (Å²) in [7, 11) is 0. The van der Waals surface area contributed by atoms with Gasteiger partial charge in [-0.05, 0) is 25.7 Å². The Labute approximate surface area is 164 Å². The molecule has 3 rings (SSSR count). The molecule has 0 spiro atoms. The van der Waals surface area contributed by atoms with Crippen molar-refractivity contribution in [2.75, 3.05) is 11.9 Å². The van der Waals surface area contributed by atoms with Gasteiger partial charge in [-0.2, -0.15) is 0 Å². The van der Waals surface area contributed by atoms with Crippen molar-refractivity contribution >= 4 is 28.5 Å². The number of carbonyl (C=O) groups is 2. The fourth-order valence-corrected chi connectivity index (χ4v) is 5.02. The second kappa shape index (κ2) is 10.0. The predicted octanol–water partition coefficient (Wildman–Crippen LogP) is 3.82. The number of hydrogen-bond donors (Lipinski definition) is 3. The van der Waals surface area contributed by atoms with Crippen molar-refractivity contribution in [3.63, 3.8) is 0 Å². The van der Waals surface area contributed by atoms with Gasteiger partial charge in [-0.25, -0.2) is 9.78 Å². The maximum atomic E-state index is 13.1. The van der Waals surface area contributed by atoms with E-state index < -0.39 is 5.97 Å². The van der Waals surface area contributed by atoms with Gasteiger partial charge in [-0.15, -0.1) is 11.3 Å². The number of aliphatic carboxylic acids is 1. The maximum absolute atomic E-state index is 13.1. The monoisotopic (exact) mass is 394 g/mol. The molecule has 0 atom stereocenters. The Morgan fingerprint density at radius 3 is 2.22 bits per heavy atom. The lowest BCUT2D eigenvalue weighted by Gasteiger charge is -2.41. The van der Waals surface area contributed by atoms with Crippen LogP contribution in [0.2, 0.25) is 0 Å². The predicted molar refractivity (Wildman–Crippen MR) is 106 cm³/mol. The molecule has 2 fully saturated rings. The van der Waals surface area contributed by atoms with Crippen LogP contribution < -0.4 is 10.6 Å². The Morgan fingerprint density at radius 1 is 1.07 bits per heavy atom. The molecule has 0 saturated heterocycles. The van der Waals surface area contributed by atoms with Gasteiger partial charge in [0.15, 0.2) is 5.13 Å². The van der Waals surface area contributed by atoms with Crippen LogP contribution in [0.25, 0.3) is 0 Å². The van der Waals surface area contributed by atoms with Gasteiger partial charge in [0.25, 0.3) is 0 Å². The van der Waals surface area contributed by atoms with Crippen molar-refractivity contribution in [3.8, 4) is 0 Å². The highest BCUT2D eigenvalue weighted by molar-refractivity contribution is 7.15. The molecule has 2 aliphatic rings. The van der Waals surface area contributed by atoms with Gasteiger partial charge in [-0.3, -0.25) is 10.1 Å². The molecule has 150 valence electrons. The van der Waals surface area contributed by atoms with E-state index in [2.05, 4.69) is 20.5 Å². The summed E-state index contributed by atoms with van der Waals surface area (Å²) in [6.07, 6.45) is 13.5. The summed E-state index contributed by atoms with van der Waals surface area (Å²) < 4.78 is 0. The van der Waals surface area contributed by atoms with Crippen LogP contribution in [0.5, 0.6) is 0 Å². The second-order valence-electron chi connectivity index (χ2n) is 7.55. The van der Waals surface area contributed by atoms with Crippen LogP contribution in [-0.4, -0.2) is 45.6 Å². The summed E-state index contributed by atoms with van der Waals surface area (Å²) in [5, 5.41) is 15.1. The molecule has 7 nitrogen and oxygen atoms in total. The van der Waals surface area contributed by atoms with Gasteiger partial charge in [0.1, 0.15) is 0 Å². The van der Waals surface area contributed by atoms with E-state index in [0.717, 1.165) is 30.6 Å². The summed E-state index contributed by atoms with van der Waals surface area (Å²) in [4.78, 5) is 31.0. The quantitative estimate of drug-likeness (QED) is 0.654. The van der Waals surface area contributed by atoms with Crippen LogP contribution in [0.3, 0.4) is 0 Å². The van der Waals surface area contributed by atoms with Crippen molar-refractivity contribution in [2.45, 2.75) is 82.8 Å². The molecular formula is C19H30N4O3S. The first kappa shape index (κ1) is 20.1. The van der Waals surface area contributed by atoms with Crippen LogP contribution in [0.1, 0.15) is 69.1 Å². The Bertz CT molecular complexity index is 606. The van der Waals surface area contributed by atoms with E-state index >= 15 is 0 Å². The minimum absolute atomic E-state index is 0.0202. The number of rotatable bonds is 7. The second-order valence-corrected chi connectivity index (χ2v) is 8.67. The van der Waals surface area contributed by atoms with E-state index in [-0.39, 0.29) is 12.6 Å². The molecule has 0 unspecified atom stereocenters. The Morgan fingerprint density at radius 2 is 1.67 bits per heavy atom. The summed E-state index contributed by atoms with van der Waals surface area (Å²) in [6.45, 7) is 0.353. The highest BCUT2D eigenvalue weighted by atomic mass is 32.1. The molecule has 1 aromatic rings. The van der Waals surface area contributed by atoms with Gasteiger partial charge in [0.05, 0.1) is 6.54 Å². The molecule has 0 aliphatic heterocycles. The number of hydrogen-bond acceptors (Lipinski definition) is 5. The number of nitrogens with zero attached hydrogens (tertiary/aromatic N) is 2. The zero-order valence-electron chi connectivity index (χ0n) is 15.8. The van der Waals surface area contributed by atoms with Gasteiger partial charge >= 0.3 is 12.0 Å². The number of amides is 2. The molecule has 2 aliphatic carbocycles. The SMILES string of the molecule is O=C(O)CNCc1cnc(NC(=O)N(C2CCCCC2)C2CCCCC2)s1. The van der Waals surface area contributed by atoms with Crippen molar-refractivity contribution in [1.29, 1.82) is 0 Å². The minimum atomic E-state index is -0.886. The van der Waals surface area contributed by atoms with Crippen LogP contribution in [0.15, 0.2) is 6.20 Å². The summed E-state index contributed by atoms with van der Waals surface area (Å²) in [5.74, 6) is -0.886. The number of urea groups is 1. The van der Waals surface area contributed by atoms with E-state index in [1.807, 2.05) is 0 Å². The van der Waals surface area contributed by atoms with Crippen molar-refractivity contribution in [1.82, 2.24) is 15.2 Å². The number of carbonyl (C=O) groups excluding carboxylic acids is 1. The molecule has 27 heavy (non-hydrogen) atoms. The number of anilines is 1. The zero-order chi connectivity index (χ0) is 19.1. The van der Waals surface area contributed by atoms with Crippen LogP contribution in [-0.2, 0) is 11.3 Å². The Kier molecular flexibility index (Phi) is 7.46. The molecule has 2 saturated carbocycles. The summed E-state index contributed by atoms with van der Waals surface area (Å²) in [6, 6.07) is 0.672. The summed E-state index contributed by atoms with van der Waals surface area (Å²) >= 11 is 1.40. The fraction of sp³-hybridized carbons (Fsp3) is 0.737. The molecular weight excluding hydrogens is 364 g/mol. The third-order valence-corrected chi connectivity index (χ3v) is 6.43. The number of aromatic nitrogens is 1. The maximum Gasteiger partial charge on any atom is 0.324 e. The Hall–Kier alpha value is -1.67. The Balaban J connectivity index is 1.61. The molecule has 0 radical (unpaired) electrons. The molecule has 1 aromatic heterocycles. The smallest absolute Gasteiger partial charge is 0.324 e. The molecule has 0 bridgehead atoms. The summed E-state index contributed by atoms with van der Waals surface area (Å²) in [5.41, 5.74) is 0. The highest BCUT2D eigenvalue weighted by Crippen LogP contribution is 2.31. The van der Waals surface area contributed by atoms with Gasteiger partial charge in [0, 0.05) is 29.7 Å². The number of thiazole rings is 1. The third kappa shape index (κ3) is 5.90. The fourth-order valence-electron chi connectivity index (χ4n) is 4.24. The van der Waals surface area contributed by atoms with Crippen molar-refractivity contribution < 1.29 is 14.7 Å². The zero-order valence-corrected chi connectivity index (χ0v) is 16.6. The molecule has 3 N–H and O–H groups in total. The van der Waals surface area contributed by atoms with E-state index in [1.54, 1.807) is 6.20 Å². The molecule has 0 aromatic carbocycles. The number of carboxylic acid groups (broad SMARTS) is 1. The average molecular weight is 395 g/mol. The lowest BCUT2D eigenvalue weighted by Crippen LogP contribution is -2.50. The third-order valence-electron chi connectivity index (χ3n) is 5.51. The first-order valence-electron chi connectivity index (χ1n) is 10.1. The molecule has 2 amide bonds. The van der Waals surface area contributed by atoms with Gasteiger partial charge < -0.3 is 15.3 Å². The number of carboxylic acids is 1. The minimum Gasteiger partial charge on any atom is -0.480 e. The number of nitrogens with one attached hydrogen (secondary N) is 2. The van der Waals surface area contributed by atoms with E-state index in [4.69, 9.17) is 5.11 Å². The van der Waals surface area contributed by atoms with Gasteiger partial charge in [-0.1, -0.05) is 38.5 Å². The largest absolute Gasteiger partial charge is 0.480 e. The standard InChI is InChI=1S/C19H30N4O3S/c24-17(25)13-20-11-16-12-21-18(27-16)22-19(26)23(14-7-3-1-4-8-14)15-9-5-2-6-10-15/h12,14-15,20H,1-11,13H2,(H,24,25)(H,21,22,26). The topological polar surface area (TPSA) is 94.6 Å². The average Bonchev–Trinajstić information content (AvgIpc) is 3.10. The van der Waals surface area contributed by atoms with Crippen LogP contribution >= 0.6 is 11.3 Å². The lowest BCUT2D eigenvalue weighted by molar-refractivity contribution is -0.135. The van der Waals surface area contributed by atoms with Crippen molar-refractivity contribution in [3.05, 3.63) is 11.1 Å². The van der Waals surface area contributed by atoms with E-state index in [1.165, 1.54) is 49.9 Å². The van der Waals surface area contributed by atoms with Crippen molar-refractivity contribution in [2.24, 2.45) is 0 Å². The van der Waals surface area contributed by atoms with E-state index in [9.17, 15) is 9.59 Å². The lowest BCUT2D eigenvalue weighted by atomic mass is 9.89. The highest BCUT2D eigenvalue weighted by Gasteiger charge is 2.32. The van der Waals surface area contributed by atoms with Crippen LogP contribution in [0.4, 0.5) is 9.93 Å². The van der Waals surface area contributed by atoms with E-state index in [0.29, 0.717) is 23.8 Å². The van der Waals surface area contributed by atoms with Gasteiger partial charge in [0.2, 0.25) is 0 Å².